The Bertz CT molecular complexity index is 853. The number of nitrogens with one attached hydrogen (secondary N) is 2. The minimum Gasteiger partial charge on any atom is -0.462 e. The molecule has 0 radical (unpaired) electrons. The van der Waals surface area contributed by atoms with Gasteiger partial charge in [-0.1, -0.05) is 25.1 Å². The second-order valence-electron chi connectivity index (χ2n) is 5.42. The number of benzene rings is 1. The highest BCUT2D eigenvalue weighted by atomic mass is 32.2. The van der Waals surface area contributed by atoms with E-state index in [9.17, 15) is 13.2 Å². The fourth-order valence-electron chi connectivity index (χ4n) is 2.67. The van der Waals surface area contributed by atoms with E-state index in [0.29, 0.717) is 23.5 Å². The number of esters is 1. The molecule has 0 atom stereocenters. The maximum absolute atomic E-state index is 12.9. The van der Waals surface area contributed by atoms with Crippen LogP contribution in [0.25, 0.3) is 0 Å². The molecule has 0 bridgehead atoms. The van der Waals surface area contributed by atoms with Crippen LogP contribution < -0.4 is 4.72 Å². The van der Waals surface area contributed by atoms with E-state index in [0.717, 1.165) is 5.56 Å². The molecule has 0 aliphatic rings. The monoisotopic (exact) mass is 350 g/mol. The Morgan fingerprint density at radius 1 is 1.17 bits per heavy atom. The van der Waals surface area contributed by atoms with Gasteiger partial charge in [-0.05, 0) is 38.8 Å². The highest BCUT2D eigenvalue weighted by Crippen LogP contribution is 2.28. The highest BCUT2D eigenvalue weighted by molar-refractivity contribution is 7.92. The Balaban J connectivity index is 2.52. The molecule has 0 saturated carbocycles. The summed E-state index contributed by atoms with van der Waals surface area (Å²) < 4.78 is 33.4. The fraction of sp³-hybridized carbons (Fsp3) is 0.353. The van der Waals surface area contributed by atoms with Crippen LogP contribution in [0.4, 0.5) is 5.69 Å². The maximum Gasteiger partial charge on any atom is 0.341 e. The minimum atomic E-state index is -3.93. The molecule has 0 fully saturated rings. The van der Waals surface area contributed by atoms with Gasteiger partial charge in [0.15, 0.2) is 0 Å². The molecule has 0 spiro atoms. The molecule has 7 heteroatoms. The molecular weight excluding hydrogens is 328 g/mol. The normalized spacial score (nSPS) is 11.3. The lowest BCUT2D eigenvalue weighted by Gasteiger charge is -2.13. The number of para-hydroxylation sites is 1. The SMILES string of the molecule is CCOC(=O)c1c(C)[nH]c(C)c1S(=O)(=O)Nc1ccccc1CC. The molecule has 1 heterocycles. The van der Waals surface area contributed by atoms with Crippen LogP contribution in [-0.4, -0.2) is 26.0 Å². The summed E-state index contributed by atoms with van der Waals surface area (Å²) in [5, 5.41) is 0. The standard InChI is InChI=1S/C17H22N2O4S/c1-5-13-9-7-8-10-14(13)19-24(21,22)16-12(4)18-11(3)15(16)17(20)23-6-2/h7-10,18-19H,5-6H2,1-4H3. The third-order valence-corrected chi connectivity index (χ3v) is 5.24. The molecule has 0 saturated heterocycles. The van der Waals surface area contributed by atoms with Crippen LogP contribution in [0.2, 0.25) is 0 Å². The third-order valence-electron chi connectivity index (χ3n) is 3.71. The number of carbonyl (C=O) groups excluding carboxylic acids is 1. The largest absolute Gasteiger partial charge is 0.462 e. The lowest BCUT2D eigenvalue weighted by molar-refractivity contribution is 0.0521. The second-order valence-corrected chi connectivity index (χ2v) is 7.04. The highest BCUT2D eigenvalue weighted by Gasteiger charge is 2.30. The van der Waals surface area contributed by atoms with E-state index >= 15 is 0 Å². The van der Waals surface area contributed by atoms with Gasteiger partial charge < -0.3 is 9.72 Å². The molecule has 0 unspecified atom stereocenters. The summed E-state index contributed by atoms with van der Waals surface area (Å²) in [7, 11) is -3.93. The number of rotatable bonds is 6. The molecule has 24 heavy (non-hydrogen) atoms. The smallest absolute Gasteiger partial charge is 0.341 e. The van der Waals surface area contributed by atoms with Gasteiger partial charge in [0, 0.05) is 11.4 Å². The molecule has 0 amide bonds. The van der Waals surface area contributed by atoms with Crippen LogP contribution in [0, 0.1) is 13.8 Å². The van der Waals surface area contributed by atoms with Gasteiger partial charge in [0.1, 0.15) is 10.5 Å². The summed E-state index contributed by atoms with van der Waals surface area (Å²) in [5.74, 6) is -0.650. The Morgan fingerprint density at radius 2 is 1.83 bits per heavy atom. The first-order valence-electron chi connectivity index (χ1n) is 7.78. The number of ether oxygens (including phenoxy) is 1. The zero-order chi connectivity index (χ0) is 17.9. The molecule has 1 aromatic heterocycles. The molecule has 130 valence electrons. The van der Waals surface area contributed by atoms with E-state index in [2.05, 4.69) is 9.71 Å². The van der Waals surface area contributed by atoms with Gasteiger partial charge in [0.25, 0.3) is 10.0 Å². The summed E-state index contributed by atoms with van der Waals surface area (Å²) in [6.45, 7) is 7.07. The van der Waals surface area contributed by atoms with E-state index in [-0.39, 0.29) is 17.1 Å². The molecule has 0 aliphatic heterocycles. The van der Waals surface area contributed by atoms with Crippen LogP contribution >= 0.6 is 0 Å². The number of H-pyrrole nitrogens is 1. The van der Waals surface area contributed by atoms with Crippen molar-refractivity contribution in [1.82, 2.24) is 4.98 Å². The zero-order valence-corrected chi connectivity index (χ0v) is 15.1. The molecule has 2 aromatic rings. The number of sulfonamides is 1. The first-order valence-corrected chi connectivity index (χ1v) is 9.27. The van der Waals surface area contributed by atoms with Gasteiger partial charge >= 0.3 is 5.97 Å². The summed E-state index contributed by atoms with van der Waals surface area (Å²) >= 11 is 0. The van der Waals surface area contributed by atoms with Crippen LogP contribution in [0.3, 0.4) is 0 Å². The predicted octanol–water partition coefficient (Wildman–Crippen LogP) is 3.17. The summed E-state index contributed by atoms with van der Waals surface area (Å²) in [4.78, 5) is 15.0. The van der Waals surface area contributed by atoms with Crippen molar-refractivity contribution < 1.29 is 17.9 Å². The van der Waals surface area contributed by atoms with E-state index in [1.54, 1.807) is 32.9 Å². The molecule has 1 aromatic carbocycles. The number of hydrogen-bond donors (Lipinski definition) is 2. The van der Waals surface area contributed by atoms with Gasteiger partial charge in [-0.25, -0.2) is 13.2 Å². The number of aromatic amines is 1. The van der Waals surface area contributed by atoms with E-state index < -0.39 is 16.0 Å². The van der Waals surface area contributed by atoms with Crippen LogP contribution in [0.1, 0.15) is 41.2 Å². The van der Waals surface area contributed by atoms with Crippen molar-refractivity contribution in [2.75, 3.05) is 11.3 Å². The van der Waals surface area contributed by atoms with Crippen molar-refractivity contribution in [1.29, 1.82) is 0 Å². The van der Waals surface area contributed by atoms with Crippen molar-refractivity contribution in [3.63, 3.8) is 0 Å². The summed E-state index contributed by atoms with van der Waals surface area (Å²) in [6.07, 6.45) is 0.689. The van der Waals surface area contributed by atoms with Gasteiger partial charge in [0.05, 0.1) is 12.3 Å². The van der Waals surface area contributed by atoms with E-state index in [1.807, 2.05) is 19.1 Å². The van der Waals surface area contributed by atoms with Crippen LogP contribution in [-0.2, 0) is 21.2 Å². The van der Waals surface area contributed by atoms with Gasteiger partial charge in [-0.15, -0.1) is 0 Å². The maximum atomic E-state index is 12.9. The first kappa shape index (κ1) is 18.1. The number of carbonyl (C=O) groups is 1. The molecule has 6 nitrogen and oxygen atoms in total. The number of aromatic nitrogens is 1. The molecule has 2 N–H and O–H groups in total. The topological polar surface area (TPSA) is 88.3 Å². The predicted molar refractivity (Wildman–Crippen MR) is 92.9 cm³/mol. The molecule has 0 aliphatic carbocycles. The van der Waals surface area contributed by atoms with Crippen molar-refractivity contribution >= 4 is 21.7 Å². The number of anilines is 1. The van der Waals surface area contributed by atoms with Crippen molar-refractivity contribution in [3.05, 3.63) is 46.8 Å². The fourth-order valence-corrected chi connectivity index (χ4v) is 4.22. The second kappa shape index (κ2) is 7.09. The van der Waals surface area contributed by atoms with Gasteiger partial charge in [-0.3, -0.25) is 4.72 Å². The summed E-state index contributed by atoms with van der Waals surface area (Å²) in [6, 6.07) is 7.18. The lowest BCUT2D eigenvalue weighted by atomic mass is 10.1. The van der Waals surface area contributed by atoms with Crippen LogP contribution in [0.15, 0.2) is 29.2 Å². The minimum absolute atomic E-state index is 0.0517. The first-order chi connectivity index (χ1) is 11.3. The molecular formula is C17H22N2O4S. The third kappa shape index (κ3) is 3.46. The van der Waals surface area contributed by atoms with Gasteiger partial charge in [0.2, 0.25) is 0 Å². The Kier molecular flexibility index (Phi) is 5.33. The lowest BCUT2D eigenvalue weighted by Crippen LogP contribution is -2.18. The van der Waals surface area contributed by atoms with E-state index in [4.69, 9.17) is 4.74 Å². The number of hydrogen-bond acceptors (Lipinski definition) is 4. The van der Waals surface area contributed by atoms with E-state index in [1.165, 1.54) is 0 Å². The Hall–Kier alpha value is -2.28. The zero-order valence-electron chi connectivity index (χ0n) is 14.3. The van der Waals surface area contributed by atoms with Gasteiger partial charge in [-0.2, -0.15) is 0 Å². The van der Waals surface area contributed by atoms with Crippen molar-refractivity contribution in [2.45, 2.75) is 39.0 Å². The quantitative estimate of drug-likeness (QED) is 0.783. The van der Waals surface area contributed by atoms with Crippen LogP contribution in [0.5, 0.6) is 0 Å². The summed E-state index contributed by atoms with van der Waals surface area (Å²) in [5.41, 5.74) is 2.31. The Morgan fingerprint density at radius 3 is 2.46 bits per heavy atom. The average molecular weight is 350 g/mol. The average Bonchev–Trinajstić information content (AvgIpc) is 2.83. The van der Waals surface area contributed by atoms with Crippen molar-refractivity contribution in [2.24, 2.45) is 0 Å². The molecule has 2 rings (SSSR count). The number of aryl methyl sites for hydroxylation is 3. The van der Waals surface area contributed by atoms with Crippen molar-refractivity contribution in [3.8, 4) is 0 Å². The Labute approximate surface area is 142 Å².